The lowest BCUT2D eigenvalue weighted by atomic mass is 9.89. The average Bonchev–Trinajstić information content (AvgIpc) is 2.93. The van der Waals surface area contributed by atoms with Gasteiger partial charge in [0.25, 0.3) is 5.91 Å². The van der Waals surface area contributed by atoms with Crippen LogP contribution in [0.15, 0.2) is 57.9 Å². The summed E-state index contributed by atoms with van der Waals surface area (Å²) in [7, 11) is 0. The van der Waals surface area contributed by atoms with Gasteiger partial charge in [0.05, 0.1) is 5.36 Å². The number of benzene rings is 3. The molecule has 0 radical (unpaired) electrons. The molecular formula is C32H38N4O4. The van der Waals surface area contributed by atoms with Crippen molar-refractivity contribution in [2.24, 2.45) is 10.7 Å². The molecule has 1 aliphatic heterocycles. The molecular weight excluding hydrogens is 504 g/mol. The van der Waals surface area contributed by atoms with Crippen LogP contribution in [0.2, 0.25) is 0 Å². The zero-order valence-electron chi connectivity index (χ0n) is 23.6. The summed E-state index contributed by atoms with van der Waals surface area (Å²) in [6.07, 6.45) is 1.62. The highest BCUT2D eigenvalue weighted by atomic mass is 16.4. The lowest BCUT2D eigenvalue weighted by Gasteiger charge is -2.20. The van der Waals surface area contributed by atoms with E-state index in [4.69, 9.17) is 15.3 Å². The third-order valence-corrected chi connectivity index (χ3v) is 7.06. The molecule has 8 heteroatoms. The number of aliphatic carboxylic acids is 1. The molecule has 5 N–H and O–H groups in total. The lowest BCUT2D eigenvalue weighted by molar-refractivity contribution is -0.138. The number of nitrogens with zero attached hydrogens (tertiary/aromatic N) is 1. The second-order valence-electron chi connectivity index (χ2n) is 10.0. The van der Waals surface area contributed by atoms with Crippen LogP contribution in [-0.4, -0.2) is 42.7 Å². The number of hydrogen-bond acceptors (Lipinski definition) is 6. The second-order valence-corrected chi connectivity index (χ2v) is 10.0. The molecule has 0 fully saturated rings. The van der Waals surface area contributed by atoms with Gasteiger partial charge >= 0.3 is 5.97 Å². The van der Waals surface area contributed by atoms with Crippen molar-refractivity contribution in [3.05, 3.63) is 70.6 Å². The Bertz CT molecular complexity index is 1570. The van der Waals surface area contributed by atoms with Gasteiger partial charge in [0, 0.05) is 59.5 Å². The fraction of sp³-hybridized carbons (Fsp3) is 0.344. The van der Waals surface area contributed by atoms with E-state index in [0.29, 0.717) is 43.7 Å². The first-order valence-electron chi connectivity index (χ1n) is 13.9. The number of carboxylic acids is 1. The number of fused-ring (bicyclic) bond motifs is 2. The second kappa shape index (κ2) is 12.8. The zero-order chi connectivity index (χ0) is 28.8. The predicted octanol–water partition coefficient (Wildman–Crippen LogP) is 5.49. The summed E-state index contributed by atoms with van der Waals surface area (Å²) in [5.41, 5.74) is 12.7. The van der Waals surface area contributed by atoms with E-state index >= 15 is 0 Å². The third kappa shape index (κ3) is 6.18. The maximum atomic E-state index is 13.5. The van der Waals surface area contributed by atoms with Crippen LogP contribution in [0.4, 0.5) is 5.69 Å². The molecule has 210 valence electrons. The summed E-state index contributed by atoms with van der Waals surface area (Å²) in [5.74, 6) is -0.488. The first-order valence-corrected chi connectivity index (χ1v) is 13.9. The lowest BCUT2D eigenvalue weighted by Crippen LogP contribution is -2.30. The molecule has 2 aromatic carbocycles. The molecule has 2 aromatic rings. The molecule has 1 aliphatic carbocycles. The smallest absolute Gasteiger partial charge is 0.320 e. The Kier molecular flexibility index (Phi) is 9.22. The molecule has 0 spiro atoms. The van der Waals surface area contributed by atoms with Gasteiger partial charge < -0.3 is 25.9 Å². The Morgan fingerprint density at radius 3 is 2.52 bits per heavy atom. The average molecular weight is 543 g/mol. The van der Waals surface area contributed by atoms with Gasteiger partial charge in [-0.05, 0) is 81.8 Å². The fourth-order valence-corrected chi connectivity index (χ4v) is 5.01. The van der Waals surface area contributed by atoms with Crippen molar-refractivity contribution < 1.29 is 19.1 Å². The molecule has 0 saturated heterocycles. The minimum atomic E-state index is -1.01. The van der Waals surface area contributed by atoms with E-state index in [-0.39, 0.29) is 5.91 Å². The van der Waals surface area contributed by atoms with Crippen molar-refractivity contribution in [3.63, 3.8) is 0 Å². The molecule has 40 heavy (non-hydrogen) atoms. The highest BCUT2D eigenvalue weighted by Gasteiger charge is 2.23. The van der Waals surface area contributed by atoms with Gasteiger partial charge in [0.15, 0.2) is 0 Å². The number of hydrogen-bond donors (Lipinski definition) is 4. The normalized spacial score (nSPS) is 12.6. The molecule has 2 aliphatic rings. The van der Waals surface area contributed by atoms with Gasteiger partial charge in [-0.3, -0.25) is 14.6 Å². The SMILES string of the molecule is CCN=c1cc2oc3cc(NCC)c(C)cc3c(-c3ccccc3C(=O)NCCCC[C@H](N)C(=O)O)c-2cc1C. The summed E-state index contributed by atoms with van der Waals surface area (Å²) < 4.78 is 6.47. The van der Waals surface area contributed by atoms with E-state index in [1.165, 1.54) is 0 Å². The summed E-state index contributed by atoms with van der Waals surface area (Å²) in [4.78, 5) is 29.0. The first-order chi connectivity index (χ1) is 19.2. The van der Waals surface area contributed by atoms with Crippen LogP contribution in [0.3, 0.4) is 0 Å². The van der Waals surface area contributed by atoms with E-state index in [1.807, 2.05) is 50.2 Å². The summed E-state index contributed by atoms with van der Waals surface area (Å²) in [6.45, 7) is 10.1. The third-order valence-electron chi connectivity index (χ3n) is 7.06. The molecule has 1 amide bonds. The van der Waals surface area contributed by atoms with Crippen LogP contribution in [0.25, 0.3) is 33.4 Å². The van der Waals surface area contributed by atoms with E-state index in [2.05, 4.69) is 41.6 Å². The molecule has 8 nitrogen and oxygen atoms in total. The van der Waals surface area contributed by atoms with E-state index in [0.717, 1.165) is 56.4 Å². The summed E-state index contributed by atoms with van der Waals surface area (Å²) in [5, 5.41) is 17.2. The largest absolute Gasteiger partial charge is 0.480 e. The van der Waals surface area contributed by atoms with Crippen LogP contribution < -0.4 is 21.7 Å². The van der Waals surface area contributed by atoms with Crippen molar-refractivity contribution in [1.82, 2.24) is 5.32 Å². The molecule has 1 heterocycles. The number of carboxylic acid groups (broad SMARTS) is 1. The number of unbranched alkanes of at least 4 members (excludes halogenated alkanes) is 1. The van der Waals surface area contributed by atoms with Crippen molar-refractivity contribution in [1.29, 1.82) is 0 Å². The number of rotatable bonds is 11. The van der Waals surface area contributed by atoms with E-state index < -0.39 is 12.0 Å². The topological polar surface area (TPSA) is 130 Å². The molecule has 0 saturated carbocycles. The Morgan fingerprint density at radius 1 is 1.02 bits per heavy atom. The summed E-state index contributed by atoms with van der Waals surface area (Å²) in [6, 6.07) is 14.9. The Morgan fingerprint density at radius 2 is 1.80 bits per heavy atom. The highest BCUT2D eigenvalue weighted by molar-refractivity contribution is 6.09. The molecule has 1 atom stereocenters. The summed E-state index contributed by atoms with van der Waals surface area (Å²) >= 11 is 0. The van der Waals surface area contributed by atoms with Gasteiger partial charge in [0.2, 0.25) is 0 Å². The van der Waals surface area contributed by atoms with Gasteiger partial charge in [-0.1, -0.05) is 18.2 Å². The minimum absolute atomic E-state index is 0.185. The van der Waals surface area contributed by atoms with Gasteiger partial charge in [-0.2, -0.15) is 0 Å². The van der Waals surface area contributed by atoms with E-state index in [1.54, 1.807) is 0 Å². The van der Waals surface area contributed by atoms with Crippen LogP contribution in [0.5, 0.6) is 0 Å². The predicted molar refractivity (Wildman–Crippen MR) is 160 cm³/mol. The highest BCUT2D eigenvalue weighted by Crippen LogP contribution is 2.42. The van der Waals surface area contributed by atoms with Crippen molar-refractivity contribution in [2.45, 2.75) is 53.0 Å². The first kappa shape index (κ1) is 28.8. The van der Waals surface area contributed by atoms with Gasteiger partial charge in [0.1, 0.15) is 17.4 Å². The number of carbonyl (C=O) groups is 2. The number of amides is 1. The van der Waals surface area contributed by atoms with Gasteiger partial charge in [-0.15, -0.1) is 0 Å². The fourth-order valence-electron chi connectivity index (χ4n) is 5.01. The molecule has 4 rings (SSSR count). The van der Waals surface area contributed by atoms with Crippen LogP contribution in [-0.2, 0) is 4.79 Å². The van der Waals surface area contributed by atoms with Crippen molar-refractivity contribution >= 4 is 28.5 Å². The Labute approximate surface area is 234 Å². The quantitative estimate of drug-likeness (QED) is 0.147. The number of nitrogens with two attached hydrogens (primary N) is 1. The van der Waals surface area contributed by atoms with Crippen LogP contribution in [0, 0.1) is 13.8 Å². The van der Waals surface area contributed by atoms with Gasteiger partial charge in [-0.25, -0.2) is 0 Å². The molecule has 0 bridgehead atoms. The minimum Gasteiger partial charge on any atom is -0.480 e. The standard InChI is InChI=1S/C32H38N4O4/c1-5-34-26-17-28-23(15-19(26)3)30(24-16-20(4)27(35-6-2)18-29(24)40-28)21-11-7-8-12-22(21)31(37)36-14-10-9-13-25(33)32(38)39/h7-8,11-12,15-18,25,34H,5-6,9-10,13-14,33H2,1-4H3,(H,36,37)(H,38,39)/t25-/m0/s1. The maximum Gasteiger partial charge on any atom is 0.320 e. The monoisotopic (exact) mass is 542 g/mol. The van der Waals surface area contributed by atoms with E-state index in [9.17, 15) is 9.59 Å². The van der Waals surface area contributed by atoms with Crippen LogP contribution >= 0.6 is 0 Å². The molecule has 0 unspecified atom stereocenters. The number of aryl methyl sites for hydroxylation is 2. The molecule has 0 aromatic heterocycles. The van der Waals surface area contributed by atoms with Crippen LogP contribution in [0.1, 0.15) is 54.6 Å². The van der Waals surface area contributed by atoms with Crippen molar-refractivity contribution in [2.75, 3.05) is 25.0 Å². The Balaban J connectivity index is 1.81. The number of anilines is 1. The maximum absolute atomic E-state index is 13.5. The number of carbonyl (C=O) groups excluding carboxylic acids is 1. The zero-order valence-corrected chi connectivity index (χ0v) is 23.6. The number of nitrogens with one attached hydrogen (secondary N) is 2. The van der Waals surface area contributed by atoms with Crippen molar-refractivity contribution in [3.8, 4) is 22.5 Å². The Hall–Kier alpha value is -4.17.